The highest BCUT2D eigenvalue weighted by Gasteiger charge is 2.29. The van der Waals surface area contributed by atoms with Gasteiger partial charge in [0, 0.05) is 30.8 Å². The van der Waals surface area contributed by atoms with Crippen LogP contribution in [0.1, 0.15) is 26.3 Å². The molecule has 1 unspecified atom stereocenters. The van der Waals surface area contributed by atoms with Crippen LogP contribution in [0.2, 0.25) is 0 Å². The minimum Gasteiger partial charge on any atom is -0.480 e. The molecule has 7 N–H and O–H groups in total. The van der Waals surface area contributed by atoms with Crippen molar-refractivity contribution in [1.29, 1.82) is 0 Å². The number of carboxylic acids is 1. The van der Waals surface area contributed by atoms with E-state index in [9.17, 15) is 27.9 Å². The summed E-state index contributed by atoms with van der Waals surface area (Å²) in [5.74, 6) is -2.47. The van der Waals surface area contributed by atoms with Gasteiger partial charge in [-0.1, -0.05) is 24.3 Å². The Hall–Kier alpha value is -3.97. The molecule has 1 aliphatic heterocycles. The van der Waals surface area contributed by atoms with Gasteiger partial charge in [0.1, 0.15) is 6.04 Å². The largest absolute Gasteiger partial charge is 0.480 e. The first-order valence-corrected chi connectivity index (χ1v) is 11.6. The molecular formula is C21H24N6O6S. The maximum atomic E-state index is 12.6. The first kappa shape index (κ1) is 24.7. The monoisotopic (exact) mass is 488 g/mol. The van der Waals surface area contributed by atoms with Crippen molar-refractivity contribution in [3.63, 3.8) is 0 Å². The Bertz CT molecular complexity index is 1230. The lowest BCUT2D eigenvalue weighted by Crippen LogP contribution is -2.48. The Morgan fingerprint density at radius 3 is 2.50 bits per heavy atom. The minimum atomic E-state index is -4.11. The topological polar surface area (TPSA) is 197 Å². The van der Waals surface area contributed by atoms with Gasteiger partial charge in [0.25, 0.3) is 11.8 Å². The van der Waals surface area contributed by atoms with Crippen LogP contribution in [-0.4, -0.2) is 67.8 Å². The number of carbonyl (C=O) groups is 3. The molecule has 0 bridgehead atoms. The fourth-order valence-electron chi connectivity index (χ4n) is 3.31. The summed E-state index contributed by atoms with van der Waals surface area (Å²) < 4.78 is 26.9. The zero-order valence-corrected chi connectivity index (χ0v) is 18.8. The van der Waals surface area contributed by atoms with Gasteiger partial charge in [0.15, 0.2) is 5.96 Å². The van der Waals surface area contributed by atoms with Gasteiger partial charge in [-0.05, 0) is 29.8 Å². The van der Waals surface area contributed by atoms with E-state index in [-0.39, 0.29) is 28.9 Å². The molecule has 0 aromatic heterocycles. The second-order valence-corrected chi connectivity index (χ2v) is 9.15. The van der Waals surface area contributed by atoms with E-state index < -0.39 is 34.5 Å². The van der Waals surface area contributed by atoms with Gasteiger partial charge in [-0.25, -0.2) is 8.42 Å². The fourth-order valence-corrected chi connectivity index (χ4v) is 4.52. The molecule has 2 amide bonds. The lowest BCUT2D eigenvalue weighted by molar-refractivity contribution is -0.138. The molecule has 0 aliphatic carbocycles. The molecule has 180 valence electrons. The van der Waals surface area contributed by atoms with E-state index in [1.165, 1.54) is 41.3 Å². The zero-order chi connectivity index (χ0) is 24.9. The van der Waals surface area contributed by atoms with Gasteiger partial charge in [-0.3, -0.25) is 19.4 Å². The Kier molecular flexibility index (Phi) is 7.48. The summed E-state index contributed by atoms with van der Waals surface area (Å²) in [7, 11) is -4.11. The number of benzene rings is 2. The number of hydrogen-bond donors (Lipinski definition) is 5. The van der Waals surface area contributed by atoms with Crippen LogP contribution in [-0.2, 0) is 21.4 Å². The summed E-state index contributed by atoms with van der Waals surface area (Å²) in [6, 6.07) is 10.2. The summed E-state index contributed by atoms with van der Waals surface area (Å²) in [6.45, 7) is 0.383. The normalized spacial score (nSPS) is 13.8. The van der Waals surface area contributed by atoms with Crippen molar-refractivity contribution in [2.45, 2.75) is 17.5 Å². The Morgan fingerprint density at radius 1 is 1.15 bits per heavy atom. The van der Waals surface area contributed by atoms with Crippen LogP contribution in [0.15, 0.2) is 58.4 Å². The summed E-state index contributed by atoms with van der Waals surface area (Å²) in [6.07, 6.45) is 0. The lowest BCUT2D eigenvalue weighted by Gasteiger charge is -2.16. The number of aliphatic carboxylic acids is 1. The Balaban J connectivity index is 1.65. The van der Waals surface area contributed by atoms with E-state index in [1.54, 1.807) is 12.1 Å². The average Bonchev–Trinajstić information content (AvgIpc) is 3.11. The van der Waals surface area contributed by atoms with Crippen LogP contribution in [0.25, 0.3) is 0 Å². The molecule has 1 aliphatic rings. The van der Waals surface area contributed by atoms with Crippen molar-refractivity contribution in [2.75, 3.05) is 19.6 Å². The SMILES string of the molecule is NC(N)=NCCN1Cc2ccc(C(=O)NCC(NS(=O)(=O)c3ccccc3)C(=O)O)cc2C1=O. The van der Waals surface area contributed by atoms with Crippen LogP contribution in [0.4, 0.5) is 0 Å². The van der Waals surface area contributed by atoms with Crippen LogP contribution in [0.5, 0.6) is 0 Å². The van der Waals surface area contributed by atoms with E-state index in [0.29, 0.717) is 18.7 Å². The third-order valence-corrected chi connectivity index (χ3v) is 6.52. The molecular weight excluding hydrogens is 464 g/mol. The highest BCUT2D eigenvalue weighted by Crippen LogP contribution is 2.23. The Labute approximate surface area is 195 Å². The molecule has 12 nitrogen and oxygen atoms in total. The number of hydrogen-bond acceptors (Lipinski definition) is 6. The predicted molar refractivity (Wildman–Crippen MR) is 122 cm³/mol. The van der Waals surface area contributed by atoms with Gasteiger partial charge in [-0.15, -0.1) is 0 Å². The van der Waals surface area contributed by atoms with Crippen molar-refractivity contribution in [1.82, 2.24) is 14.9 Å². The average molecular weight is 489 g/mol. The van der Waals surface area contributed by atoms with E-state index in [1.807, 2.05) is 0 Å². The first-order valence-electron chi connectivity index (χ1n) is 10.1. The van der Waals surface area contributed by atoms with E-state index >= 15 is 0 Å². The van der Waals surface area contributed by atoms with Crippen LogP contribution < -0.4 is 21.5 Å². The van der Waals surface area contributed by atoms with Crippen molar-refractivity contribution >= 4 is 33.8 Å². The van der Waals surface area contributed by atoms with Crippen LogP contribution in [0.3, 0.4) is 0 Å². The van der Waals surface area contributed by atoms with E-state index in [2.05, 4.69) is 15.0 Å². The standard InChI is InChI=1S/C21H24N6O6S/c22-21(23)24-8-9-27-12-14-7-6-13(10-16(14)19(27)29)18(28)25-11-17(20(30)31)26-34(32,33)15-4-2-1-3-5-15/h1-7,10,17,26H,8-9,11-12H2,(H,25,28)(H,30,31)(H4,22,23,24). The number of guanidine groups is 1. The van der Waals surface area contributed by atoms with Crippen molar-refractivity contribution in [2.24, 2.45) is 16.5 Å². The molecule has 0 radical (unpaired) electrons. The number of fused-ring (bicyclic) bond motifs is 1. The number of carboxylic acid groups (broad SMARTS) is 1. The molecule has 0 saturated carbocycles. The number of nitrogens with zero attached hydrogens (tertiary/aromatic N) is 2. The second kappa shape index (κ2) is 10.3. The minimum absolute atomic E-state index is 0.0751. The quantitative estimate of drug-likeness (QED) is 0.209. The van der Waals surface area contributed by atoms with Gasteiger partial charge >= 0.3 is 5.97 Å². The predicted octanol–water partition coefficient (Wildman–Crippen LogP) is -0.923. The molecule has 1 atom stereocenters. The van der Waals surface area contributed by atoms with E-state index in [0.717, 1.165) is 5.56 Å². The number of nitrogens with one attached hydrogen (secondary N) is 2. The molecule has 13 heteroatoms. The van der Waals surface area contributed by atoms with Gasteiger partial charge < -0.3 is 26.8 Å². The molecule has 0 saturated heterocycles. The lowest BCUT2D eigenvalue weighted by atomic mass is 10.1. The molecule has 0 spiro atoms. The molecule has 2 aromatic rings. The van der Waals surface area contributed by atoms with Gasteiger partial charge in [0.05, 0.1) is 11.4 Å². The van der Waals surface area contributed by atoms with Crippen molar-refractivity contribution < 1.29 is 27.9 Å². The third kappa shape index (κ3) is 5.88. The maximum absolute atomic E-state index is 12.6. The number of amides is 2. The highest BCUT2D eigenvalue weighted by atomic mass is 32.2. The molecule has 34 heavy (non-hydrogen) atoms. The molecule has 3 rings (SSSR count). The molecule has 1 heterocycles. The van der Waals surface area contributed by atoms with Crippen LogP contribution >= 0.6 is 0 Å². The summed E-state index contributed by atoms with van der Waals surface area (Å²) in [5, 5.41) is 11.8. The maximum Gasteiger partial charge on any atom is 0.323 e. The summed E-state index contributed by atoms with van der Waals surface area (Å²) in [5.41, 5.74) is 11.8. The highest BCUT2D eigenvalue weighted by molar-refractivity contribution is 7.89. The van der Waals surface area contributed by atoms with Gasteiger partial charge in [-0.2, -0.15) is 4.72 Å². The number of aliphatic imine (C=N–C) groups is 1. The summed E-state index contributed by atoms with van der Waals surface area (Å²) in [4.78, 5) is 42.1. The van der Waals surface area contributed by atoms with E-state index in [4.69, 9.17) is 11.5 Å². The van der Waals surface area contributed by atoms with Crippen molar-refractivity contribution in [3.05, 3.63) is 65.2 Å². The van der Waals surface area contributed by atoms with Crippen molar-refractivity contribution in [3.8, 4) is 0 Å². The fraction of sp³-hybridized carbons (Fsp3) is 0.238. The zero-order valence-electron chi connectivity index (χ0n) is 18.0. The molecule has 0 fully saturated rings. The number of rotatable bonds is 10. The number of nitrogens with two attached hydrogens (primary N) is 2. The third-order valence-electron chi connectivity index (χ3n) is 5.03. The smallest absolute Gasteiger partial charge is 0.323 e. The number of sulfonamides is 1. The van der Waals surface area contributed by atoms with Crippen LogP contribution in [0, 0.1) is 0 Å². The first-order chi connectivity index (χ1) is 16.1. The number of carbonyl (C=O) groups excluding carboxylic acids is 2. The summed E-state index contributed by atoms with van der Waals surface area (Å²) >= 11 is 0. The molecule has 2 aromatic carbocycles. The Morgan fingerprint density at radius 2 is 1.85 bits per heavy atom. The second-order valence-electron chi connectivity index (χ2n) is 7.44. The van der Waals surface area contributed by atoms with Gasteiger partial charge in [0.2, 0.25) is 10.0 Å².